The quantitative estimate of drug-likeness (QED) is 0.764. The second-order valence-corrected chi connectivity index (χ2v) is 7.04. The Hall–Kier alpha value is -0.380. The molecule has 0 saturated carbocycles. The fourth-order valence-corrected chi connectivity index (χ4v) is 3.89. The van der Waals surface area contributed by atoms with Gasteiger partial charge in [0.1, 0.15) is 0 Å². The van der Waals surface area contributed by atoms with Crippen molar-refractivity contribution in [2.45, 2.75) is 58.5 Å². The first kappa shape index (κ1) is 15.0. The number of nitrogens with one attached hydrogen (secondary N) is 1. The van der Waals surface area contributed by atoms with Gasteiger partial charge in [0.2, 0.25) is 0 Å². The number of piperidine rings is 1. The van der Waals surface area contributed by atoms with Gasteiger partial charge in [0, 0.05) is 35.4 Å². The van der Waals surface area contributed by atoms with Crippen LogP contribution < -0.4 is 5.32 Å². The van der Waals surface area contributed by atoms with Gasteiger partial charge in [0.25, 0.3) is 0 Å². The van der Waals surface area contributed by atoms with Crippen LogP contribution in [0, 0.1) is 6.92 Å². The molecule has 1 fully saturated rings. The summed E-state index contributed by atoms with van der Waals surface area (Å²) in [5.41, 5.74) is 0. The van der Waals surface area contributed by atoms with Crippen molar-refractivity contribution in [3.05, 3.63) is 21.9 Å². The normalized spacial score (nSPS) is 20.8. The van der Waals surface area contributed by atoms with Crippen LogP contribution in [0.1, 0.15) is 48.8 Å². The van der Waals surface area contributed by atoms with Crippen molar-refractivity contribution < 1.29 is 0 Å². The minimum Gasteiger partial charge on any atom is -0.311 e. The van der Waals surface area contributed by atoms with Gasteiger partial charge in [-0.2, -0.15) is 0 Å². The molecule has 1 saturated heterocycles. The average molecular weight is 280 g/mol. The fourth-order valence-electron chi connectivity index (χ4n) is 3.03. The van der Waals surface area contributed by atoms with E-state index in [4.69, 9.17) is 0 Å². The fraction of sp³-hybridized carbons (Fsp3) is 0.750. The zero-order chi connectivity index (χ0) is 13.5. The van der Waals surface area contributed by atoms with Crippen LogP contribution in [-0.2, 0) is 6.54 Å². The summed E-state index contributed by atoms with van der Waals surface area (Å²) in [5, 5.41) is 3.59. The lowest BCUT2D eigenvalue weighted by Gasteiger charge is -2.35. The highest BCUT2D eigenvalue weighted by molar-refractivity contribution is 7.11. The predicted molar refractivity (Wildman–Crippen MR) is 84.9 cm³/mol. The first-order chi connectivity index (χ1) is 9.29. The first-order valence-corrected chi connectivity index (χ1v) is 8.61. The van der Waals surface area contributed by atoms with Crippen molar-refractivity contribution in [2.24, 2.45) is 0 Å². The molecule has 3 heteroatoms. The van der Waals surface area contributed by atoms with Crippen LogP contribution in [0.3, 0.4) is 0 Å². The van der Waals surface area contributed by atoms with E-state index in [1.807, 2.05) is 11.3 Å². The summed E-state index contributed by atoms with van der Waals surface area (Å²) in [6, 6.07) is 5.31. The van der Waals surface area contributed by atoms with E-state index in [2.05, 4.69) is 36.2 Å². The zero-order valence-corrected chi connectivity index (χ0v) is 13.3. The second-order valence-electron chi connectivity index (χ2n) is 5.66. The van der Waals surface area contributed by atoms with E-state index in [0.29, 0.717) is 0 Å². The lowest BCUT2D eigenvalue weighted by Crippen LogP contribution is -2.42. The molecule has 108 valence electrons. The molecule has 0 amide bonds. The minimum atomic E-state index is 0.851. The summed E-state index contributed by atoms with van der Waals surface area (Å²) in [7, 11) is 0. The van der Waals surface area contributed by atoms with Gasteiger partial charge in [-0.1, -0.05) is 19.8 Å². The Balaban J connectivity index is 1.66. The number of nitrogens with zero attached hydrogens (tertiary/aromatic N) is 1. The van der Waals surface area contributed by atoms with Crippen molar-refractivity contribution in [3.8, 4) is 0 Å². The molecule has 19 heavy (non-hydrogen) atoms. The van der Waals surface area contributed by atoms with Crippen LogP contribution in [0.25, 0.3) is 0 Å². The van der Waals surface area contributed by atoms with Crippen molar-refractivity contribution >= 4 is 11.3 Å². The molecule has 1 aliphatic heterocycles. The van der Waals surface area contributed by atoms with E-state index in [-0.39, 0.29) is 0 Å². The standard InChI is InChI=1S/C16H28N2S/c1-3-6-15-7-4-5-11-18(15)12-10-17-13-16-9-8-14(2)19-16/h8-9,15,17H,3-7,10-13H2,1-2H3. The Kier molecular flexibility index (Phi) is 6.35. The van der Waals surface area contributed by atoms with E-state index >= 15 is 0 Å². The topological polar surface area (TPSA) is 15.3 Å². The molecule has 1 unspecified atom stereocenters. The third-order valence-electron chi connectivity index (χ3n) is 4.04. The van der Waals surface area contributed by atoms with Gasteiger partial charge in [-0.15, -0.1) is 11.3 Å². The smallest absolute Gasteiger partial charge is 0.0300 e. The van der Waals surface area contributed by atoms with E-state index in [1.54, 1.807) is 0 Å². The highest BCUT2D eigenvalue weighted by Crippen LogP contribution is 2.20. The molecule has 1 aromatic heterocycles. The Morgan fingerprint density at radius 3 is 3.00 bits per heavy atom. The summed E-state index contributed by atoms with van der Waals surface area (Å²) in [6.45, 7) is 9.17. The van der Waals surface area contributed by atoms with Gasteiger partial charge in [-0.3, -0.25) is 4.90 Å². The molecule has 0 aromatic carbocycles. The van der Waals surface area contributed by atoms with Crippen molar-refractivity contribution in [2.75, 3.05) is 19.6 Å². The van der Waals surface area contributed by atoms with Gasteiger partial charge < -0.3 is 5.32 Å². The minimum absolute atomic E-state index is 0.851. The molecule has 1 aliphatic rings. The number of thiophene rings is 1. The van der Waals surface area contributed by atoms with Crippen LogP contribution in [0.2, 0.25) is 0 Å². The molecular formula is C16H28N2S. The molecule has 1 aromatic rings. The third kappa shape index (κ3) is 4.90. The van der Waals surface area contributed by atoms with Gasteiger partial charge in [0.15, 0.2) is 0 Å². The summed E-state index contributed by atoms with van der Waals surface area (Å²) in [5.74, 6) is 0. The lowest BCUT2D eigenvalue weighted by atomic mass is 9.98. The van der Waals surface area contributed by atoms with Crippen molar-refractivity contribution in [1.82, 2.24) is 10.2 Å². The van der Waals surface area contributed by atoms with E-state index in [1.165, 1.54) is 54.9 Å². The first-order valence-electron chi connectivity index (χ1n) is 7.79. The van der Waals surface area contributed by atoms with Crippen LogP contribution >= 0.6 is 11.3 Å². The Labute approximate surface area is 122 Å². The molecule has 2 rings (SSSR count). The molecule has 0 aliphatic carbocycles. The van der Waals surface area contributed by atoms with Crippen molar-refractivity contribution in [3.63, 3.8) is 0 Å². The van der Waals surface area contributed by atoms with Gasteiger partial charge in [-0.05, 0) is 44.9 Å². The zero-order valence-electron chi connectivity index (χ0n) is 12.5. The van der Waals surface area contributed by atoms with Gasteiger partial charge in [-0.25, -0.2) is 0 Å². The predicted octanol–water partition coefficient (Wildman–Crippen LogP) is 3.80. The Bertz CT molecular complexity index is 359. The number of hydrogen-bond donors (Lipinski definition) is 1. The molecule has 2 heterocycles. The largest absolute Gasteiger partial charge is 0.311 e. The Morgan fingerprint density at radius 1 is 1.37 bits per heavy atom. The molecule has 0 radical (unpaired) electrons. The SMILES string of the molecule is CCCC1CCCCN1CCNCc1ccc(C)s1. The van der Waals surface area contributed by atoms with E-state index < -0.39 is 0 Å². The number of hydrogen-bond acceptors (Lipinski definition) is 3. The number of likely N-dealkylation sites (tertiary alicyclic amines) is 1. The monoisotopic (exact) mass is 280 g/mol. The Morgan fingerprint density at radius 2 is 2.26 bits per heavy atom. The number of rotatable bonds is 7. The molecular weight excluding hydrogens is 252 g/mol. The molecule has 1 atom stereocenters. The maximum absolute atomic E-state index is 3.59. The van der Waals surface area contributed by atoms with E-state index in [9.17, 15) is 0 Å². The summed E-state index contributed by atoms with van der Waals surface area (Å²) in [4.78, 5) is 5.58. The highest BCUT2D eigenvalue weighted by Gasteiger charge is 2.20. The summed E-state index contributed by atoms with van der Waals surface area (Å²) >= 11 is 1.91. The third-order valence-corrected chi connectivity index (χ3v) is 5.04. The molecule has 0 bridgehead atoms. The molecule has 2 nitrogen and oxygen atoms in total. The van der Waals surface area contributed by atoms with Gasteiger partial charge in [0.05, 0.1) is 0 Å². The van der Waals surface area contributed by atoms with Crippen LogP contribution in [-0.4, -0.2) is 30.6 Å². The molecule has 0 spiro atoms. The van der Waals surface area contributed by atoms with Crippen molar-refractivity contribution in [1.29, 1.82) is 0 Å². The summed E-state index contributed by atoms with van der Waals surface area (Å²) < 4.78 is 0. The van der Waals surface area contributed by atoms with Crippen LogP contribution in [0.15, 0.2) is 12.1 Å². The highest BCUT2D eigenvalue weighted by atomic mass is 32.1. The van der Waals surface area contributed by atoms with Crippen LogP contribution in [0.5, 0.6) is 0 Å². The number of aryl methyl sites for hydroxylation is 1. The maximum atomic E-state index is 3.59. The second kappa shape index (κ2) is 8.03. The lowest BCUT2D eigenvalue weighted by molar-refractivity contribution is 0.140. The molecule has 1 N–H and O–H groups in total. The van der Waals surface area contributed by atoms with Crippen LogP contribution in [0.4, 0.5) is 0 Å². The van der Waals surface area contributed by atoms with E-state index in [0.717, 1.165) is 19.1 Å². The van der Waals surface area contributed by atoms with Gasteiger partial charge >= 0.3 is 0 Å². The maximum Gasteiger partial charge on any atom is 0.0300 e. The summed E-state index contributed by atoms with van der Waals surface area (Å²) in [6.07, 6.45) is 6.94. The average Bonchev–Trinajstić information content (AvgIpc) is 2.83.